The summed E-state index contributed by atoms with van der Waals surface area (Å²) in [6.45, 7) is 0. The lowest BCUT2D eigenvalue weighted by molar-refractivity contribution is -0.147. The van der Waals surface area contributed by atoms with Crippen molar-refractivity contribution in [2.45, 2.75) is 44.9 Å². The normalized spacial score (nSPS) is 30.9. The van der Waals surface area contributed by atoms with E-state index in [4.69, 9.17) is 5.11 Å². The van der Waals surface area contributed by atoms with Crippen LogP contribution < -0.4 is 0 Å². The molecule has 2 aliphatic carbocycles. The Labute approximate surface area is 83.5 Å². The van der Waals surface area contributed by atoms with Gasteiger partial charge in [0.2, 0.25) is 0 Å². The van der Waals surface area contributed by atoms with Crippen molar-refractivity contribution in [3.05, 3.63) is 0 Å². The van der Waals surface area contributed by atoms with Gasteiger partial charge in [-0.3, -0.25) is 9.59 Å². The van der Waals surface area contributed by atoms with Gasteiger partial charge in [-0.1, -0.05) is 19.3 Å². The second-order valence-corrected chi connectivity index (χ2v) is 4.63. The predicted octanol–water partition coefficient (Wildman–Crippen LogP) is 2.00. The Balaban J connectivity index is 2.15. The van der Waals surface area contributed by atoms with Gasteiger partial charge in [0.25, 0.3) is 0 Å². The molecule has 1 spiro atoms. The molecule has 0 aliphatic heterocycles. The van der Waals surface area contributed by atoms with Crippen molar-refractivity contribution in [3.8, 4) is 0 Å². The van der Waals surface area contributed by atoms with E-state index in [1.165, 1.54) is 6.42 Å². The highest BCUT2D eigenvalue weighted by atomic mass is 16.4. The number of aliphatic carboxylic acids is 1. The fourth-order valence-corrected chi connectivity index (χ4v) is 3.01. The lowest BCUT2D eigenvalue weighted by Gasteiger charge is -2.31. The zero-order valence-electron chi connectivity index (χ0n) is 8.29. The van der Waals surface area contributed by atoms with Crippen molar-refractivity contribution in [2.24, 2.45) is 11.3 Å². The summed E-state index contributed by atoms with van der Waals surface area (Å²) >= 11 is 0. The molecular weight excluding hydrogens is 180 g/mol. The topological polar surface area (TPSA) is 54.4 Å². The number of ketones is 1. The molecule has 78 valence electrons. The third kappa shape index (κ3) is 1.35. The average Bonchev–Trinajstić information content (AvgIpc) is 2.46. The zero-order chi connectivity index (χ0) is 10.2. The Morgan fingerprint density at radius 3 is 2.36 bits per heavy atom. The van der Waals surface area contributed by atoms with E-state index < -0.39 is 11.9 Å². The smallest absolute Gasteiger partial charge is 0.314 e. The first-order valence-electron chi connectivity index (χ1n) is 5.43. The molecule has 0 bridgehead atoms. The third-order valence-corrected chi connectivity index (χ3v) is 3.86. The van der Waals surface area contributed by atoms with Crippen LogP contribution in [0.25, 0.3) is 0 Å². The zero-order valence-corrected chi connectivity index (χ0v) is 8.29. The molecule has 2 aliphatic rings. The molecule has 0 aromatic carbocycles. The van der Waals surface area contributed by atoms with Crippen molar-refractivity contribution in [3.63, 3.8) is 0 Å². The summed E-state index contributed by atoms with van der Waals surface area (Å²) in [5.41, 5.74) is -0.235. The lowest BCUT2D eigenvalue weighted by atomic mass is 9.71. The van der Waals surface area contributed by atoms with E-state index in [1.807, 2.05) is 0 Å². The van der Waals surface area contributed by atoms with E-state index in [1.54, 1.807) is 0 Å². The van der Waals surface area contributed by atoms with E-state index in [-0.39, 0.29) is 11.2 Å². The van der Waals surface area contributed by atoms with Gasteiger partial charge >= 0.3 is 5.97 Å². The summed E-state index contributed by atoms with van der Waals surface area (Å²) in [6.07, 6.45) is 6.62. The number of rotatable bonds is 1. The Hall–Kier alpha value is -0.860. The van der Waals surface area contributed by atoms with Crippen molar-refractivity contribution >= 4 is 11.8 Å². The quantitative estimate of drug-likeness (QED) is 0.652. The molecular formula is C11H16O3. The van der Waals surface area contributed by atoms with E-state index >= 15 is 0 Å². The fraction of sp³-hybridized carbons (Fsp3) is 0.818. The molecule has 14 heavy (non-hydrogen) atoms. The molecule has 2 fully saturated rings. The van der Waals surface area contributed by atoms with Crippen molar-refractivity contribution < 1.29 is 14.7 Å². The highest BCUT2D eigenvalue weighted by Gasteiger charge is 2.50. The van der Waals surface area contributed by atoms with Crippen LogP contribution in [0.5, 0.6) is 0 Å². The summed E-state index contributed by atoms with van der Waals surface area (Å²) in [5.74, 6) is -1.60. The van der Waals surface area contributed by atoms with Crippen LogP contribution in [-0.4, -0.2) is 16.9 Å². The molecule has 1 unspecified atom stereocenters. The van der Waals surface area contributed by atoms with Crippen LogP contribution in [0.15, 0.2) is 0 Å². The molecule has 0 amide bonds. The van der Waals surface area contributed by atoms with Crippen LogP contribution in [0.2, 0.25) is 0 Å². The fourth-order valence-electron chi connectivity index (χ4n) is 3.01. The highest BCUT2D eigenvalue weighted by Crippen LogP contribution is 2.48. The maximum absolute atomic E-state index is 11.9. The summed E-state index contributed by atoms with van der Waals surface area (Å²) in [6, 6.07) is 0. The van der Waals surface area contributed by atoms with Crippen LogP contribution in [0.3, 0.4) is 0 Å². The van der Waals surface area contributed by atoms with Crippen LogP contribution >= 0.6 is 0 Å². The van der Waals surface area contributed by atoms with E-state index in [0.29, 0.717) is 6.42 Å². The van der Waals surface area contributed by atoms with Crippen molar-refractivity contribution in [1.82, 2.24) is 0 Å². The Bertz CT molecular complexity index is 264. The van der Waals surface area contributed by atoms with Gasteiger partial charge in [-0.15, -0.1) is 0 Å². The minimum Gasteiger partial charge on any atom is -0.481 e. The molecule has 1 atom stereocenters. The molecule has 2 saturated carbocycles. The first-order valence-corrected chi connectivity index (χ1v) is 5.43. The van der Waals surface area contributed by atoms with Crippen LogP contribution in [0.4, 0.5) is 0 Å². The lowest BCUT2D eigenvalue weighted by Crippen LogP contribution is -2.33. The van der Waals surface area contributed by atoms with Gasteiger partial charge < -0.3 is 5.11 Å². The van der Waals surface area contributed by atoms with E-state index in [2.05, 4.69) is 0 Å². The van der Waals surface area contributed by atoms with Gasteiger partial charge in [-0.2, -0.15) is 0 Å². The number of Topliss-reactive ketones (excluding diaryl/α,β-unsaturated/α-hetero) is 1. The maximum Gasteiger partial charge on any atom is 0.314 e. The van der Waals surface area contributed by atoms with Crippen molar-refractivity contribution in [2.75, 3.05) is 0 Å². The summed E-state index contributed by atoms with van der Waals surface area (Å²) in [7, 11) is 0. The van der Waals surface area contributed by atoms with E-state index in [0.717, 1.165) is 32.1 Å². The van der Waals surface area contributed by atoms with Gasteiger partial charge in [0.15, 0.2) is 5.78 Å². The predicted molar refractivity (Wildman–Crippen MR) is 50.9 cm³/mol. The molecule has 0 heterocycles. The number of carbonyl (C=O) groups excluding carboxylic acids is 1. The largest absolute Gasteiger partial charge is 0.481 e. The molecule has 0 saturated heterocycles. The number of hydrogen-bond donors (Lipinski definition) is 1. The van der Waals surface area contributed by atoms with E-state index in [9.17, 15) is 9.59 Å². The average molecular weight is 196 g/mol. The monoisotopic (exact) mass is 196 g/mol. The second kappa shape index (κ2) is 3.37. The number of carbonyl (C=O) groups is 2. The summed E-state index contributed by atoms with van der Waals surface area (Å²) in [4.78, 5) is 22.8. The minimum absolute atomic E-state index is 0.0182. The Morgan fingerprint density at radius 1 is 1.21 bits per heavy atom. The Morgan fingerprint density at radius 2 is 1.86 bits per heavy atom. The first-order chi connectivity index (χ1) is 6.66. The van der Waals surface area contributed by atoms with Gasteiger partial charge in [-0.05, 0) is 25.7 Å². The number of carboxylic acids is 1. The minimum atomic E-state index is -0.919. The molecule has 3 nitrogen and oxygen atoms in total. The first kappa shape index (κ1) is 9.69. The number of carboxylic acid groups (broad SMARTS) is 1. The summed E-state index contributed by atoms with van der Waals surface area (Å²) < 4.78 is 0. The van der Waals surface area contributed by atoms with Crippen LogP contribution in [0.1, 0.15) is 44.9 Å². The second-order valence-electron chi connectivity index (χ2n) is 4.63. The summed E-state index contributed by atoms with van der Waals surface area (Å²) in [5, 5.41) is 8.88. The molecule has 1 N–H and O–H groups in total. The van der Waals surface area contributed by atoms with Crippen LogP contribution in [0, 0.1) is 11.3 Å². The number of hydrogen-bond acceptors (Lipinski definition) is 2. The van der Waals surface area contributed by atoms with Gasteiger partial charge in [0.1, 0.15) is 5.92 Å². The SMILES string of the molecule is O=C(O)C1CCC2(CCCCC2)C1=O. The van der Waals surface area contributed by atoms with Crippen molar-refractivity contribution in [1.29, 1.82) is 0 Å². The van der Waals surface area contributed by atoms with Gasteiger partial charge in [0, 0.05) is 5.41 Å². The Kier molecular flexibility index (Phi) is 2.33. The van der Waals surface area contributed by atoms with Gasteiger partial charge in [-0.25, -0.2) is 0 Å². The maximum atomic E-state index is 11.9. The van der Waals surface area contributed by atoms with Gasteiger partial charge in [0.05, 0.1) is 0 Å². The highest BCUT2D eigenvalue weighted by molar-refractivity contribution is 6.03. The van der Waals surface area contributed by atoms with Crippen LogP contribution in [-0.2, 0) is 9.59 Å². The molecule has 2 rings (SSSR count). The molecule has 3 heteroatoms. The molecule has 0 aromatic heterocycles. The standard InChI is InChI=1S/C11H16O3/c12-9-8(10(13)14)4-7-11(9)5-2-1-3-6-11/h8H,1-7H2,(H,13,14). The molecule has 0 aromatic rings. The molecule has 0 radical (unpaired) electrons. The third-order valence-electron chi connectivity index (χ3n) is 3.86.